The standard InChI is InChI=1S/C58H70N2O4/c1-2-6-10-14-18-38-62-56-31-23-48(24-32-56)52-42-54(46-60-44-52)50-27-35-58(36-28-50)64-40-20-16-12-8-4-3-7-11-15-19-39-63-57-33-25-49(26-34-57)53-41-51(43-59-45-53)47-21-29-55(30-22-47)61-37-17-13-9-5-1/h21-36,41-46H,1-20,37-40H2. The Morgan fingerprint density at radius 1 is 0.219 bits per heavy atom. The molecule has 336 valence electrons. The zero-order valence-electron chi connectivity index (χ0n) is 38.2. The molecule has 10 aliphatic heterocycles. The van der Waals surface area contributed by atoms with Crippen molar-refractivity contribution in [2.45, 2.75) is 128 Å². The van der Waals surface area contributed by atoms with Crippen LogP contribution in [0, 0.1) is 0 Å². The minimum absolute atomic E-state index is 0.764. The van der Waals surface area contributed by atoms with Gasteiger partial charge in [0.15, 0.2) is 0 Å². The van der Waals surface area contributed by atoms with Gasteiger partial charge in [0.1, 0.15) is 23.0 Å². The van der Waals surface area contributed by atoms with Crippen molar-refractivity contribution >= 4 is 0 Å². The smallest absolute Gasteiger partial charge is 0.119 e. The third-order valence-electron chi connectivity index (χ3n) is 12.4. The van der Waals surface area contributed by atoms with Crippen LogP contribution < -0.4 is 18.9 Å². The molecule has 0 N–H and O–H groups in total. The van der Waals surface area contributed by atoms with Gasteiger partial charge >= 0.3 is 0 Å². The first kappa shape index (κ1) is 46.4. The van der Waals surface area contributed by atoms with Crippen LogP contribution in [-0.4, -0.2) is 36.4 Å². The summed E-state index contributed by atoms with van der Waals surface area (Å²) in [5, 5.41) is 0. The van der Waals surface area contributed by atoms with Crippen molar-refractivity contribution in [3.63, 3.8) is 0 Å². The van der Waals surface area contributed by atoms with E-state index in [1.807, 2.05) is 24.8 Å². The van der Waals surface area contributed by atoms with Gasteiger partial charge in [-0.1, -0.05) is 151 Å². The van der Waals surface area contributed by atoms with E-state index in [2.05, 4.69) is 119 Å². The lowest BCUT2D eigenvalue weighted by Gasteiger charge is -2.10. The highest BCUT2D eigenvalue weighted by Gasteiger charge is 2.07. The Labute approximate surface area is 383 Å². The summed E-state index contributed by atoms with van der Waals surface area (Å²) in [6, 6.07) is 38.1. The zero-order chi connectivity index (χ0) is 43.7. The Hall–Kier alpha value is -5.62. The summed E-state index contributed by atoms with van der Waals surface area (Å²) in [5.41, 5.74) is 8.96. The Morgan fingerprint density at radius 2 is 0.406 bits per heavy atom. The van der Waals surface area contributed by atoms with Crippen LogP contribution in [0.1, 0.15) is 128 Å². The molecule has 6 nitrogen and oxygen atoms in total. The predicted molar refractivity (Wildman–Crippen MR) is 265 cm³/mol. The lowest BCUT2D eigenvalue weighted by molar-refractivity contribution is 0.303. The summed E-state index contributed by atoms with van der Waals surface area (Å²) in [6.45, 7) is 3.05. The van der Waals surface area contributed by atoms with Crippen LogP contribution in [0.25, 0.3) is 44.5 Å². The number of rotatable bonds is 0. The first-order valence-electron chi connectivity index (χ1n) is 24.6. The molecular formula is C58H70N2O4. The van der Waals surface area contributed by atoms with Gasteiger partial charge in [0, 0.05) is 47.0 Å². The average molecular weight is 859 g/mol. The van der Waals surface area contributed by atoms with Gasteiger partial charge in [-0.05, 0) is 109 Å². The summed E-state index contributed by atoms with van der Waals surface area (Å²) in [4.78, 5) is 9.14. The number of aromatic nitrogens is 2. The van der Waals surface area contributed by atoms with Crippen molar-refractivity contribution in [3.8, 4) is 67.5 Å². The van der Waals surface area contributed by atoms with Crippen molar-refractivity contribution in [3.05, 3.63) is 134 Å². The molecule has 0 radical (unpaired) electrons. The van der Waals surface area contributed by atoms with Crippen LogP contribution in [0.2, 0.25) is 0 Å². The average Bonchev–Trinajstić information content (AvgIpc) is 3.35. The Bertz CT molecular complexity index is 1880. The molecule has 64 heavy (non-hydrogen) atoms. The Kier molecular flexibility index (Phi) is 19.5. The summed E-state index contributed by atoms with van der Waals surface area (Å²) >= 11 is 0. The van der Waals surface area contributed by atoms with E-state index in [1.165, 1.54) is 103 Å². The van der Waals surface area contributed by atoms with Gasteiger partial charge < -0.3 is 18.9 Å². The molecule has 6 heteroatoms. The Balaban J connectivity index is 0.848. The molecule has 0 saturated carbocycles. The minimum Gasteiger partial charge on any atom is -0.494 e. The van der Waals surface area contributed by atoms with Gasteiger partial charge in [0.05, 0.1) is 26.4 Å². The topological polar surface area (TPSA) is 62.7 Å². The summed E-state index contributed by atoms with van der Waals surface area (Å²) in [5.74, 6) is 3.71. The molecule has 16 rings (SSSR count). The van der Waals surface area contributed by atoms with Crippen molar-refractivity contribution in [1.82, 2.24) is 9.97 Å². The maximum Gasteiger partial charge on any atom is 0.119 e. The third-order valence-corrected chi connectivity index (χ3v) is 12.4. The molecule has 0 amide bonds. The van der Waals surface area contributed by atoms with E-state index in [4.69, 9.17) is 18.9 Å². The van der Waals surface area contributed by atoms with Gasteiger partial charge in [-0.15, -0.1) is 0 Å². The second-order valence-corrected chi connectivity index (χ2v) is 17.5. The summed E-state index contributed by atoms with van der Waals surface area (Å²) in [6.07, 6.45) is 32.6. The maximum atomic E-state index is 6.10. The predicted octanol–water partition coefficient (Wildman–Crippen LogP) is 16.2. The second-order valence-electron chi connectivity index (χ2n) is 17.5. The van der Waals surface area contributed by atoms with E-state index in [-0.39, 0.29) is 0 Å². The van der Waals surface area contributed by atoms with Gasteiger partial charge in [-0.25, -0.2) is 0 Å². The van der Waals surface area contributed by atoms with Crippen LogP contribution in [0.15, 0.2) is 134 Å². The molecule has 2 aromatic heterocycles. The third kappa shape index (κ3) is 15.9. The van der Waals surface area contributed by atoms with Crippen LogP contribution in [0.3, 0.4) is 0 Å². The van der Waals surface area contributed by atoms with E-state index in [1.54, 1.807) is 0 Å². The lowest BCUT2D eigenvalue weighted by atomic mass is 10.0. The fraction of sp³-hybridized carbons (Fsp3) is 0.414. The number of ether oxygens (including phenoxy) is 4. The molecule has 0 atom stereocenters. The van der Waals surface area contributed by atoms with Crippen LogP contribution in [0.4, 0.5) is 0 Å². The van der Waals surface area contributed by atoms with E-state index >= 15 is 0 Å². The number of benzene rings is 4. The van der Waals surface area contributed by atoms with Crippen LogP contribution >= 0.6 is 0 Å². The minimum atomic E-state index is 0.764. The fourth-order valence-electron chi connectivity index (χ4n) is 8.48. The molecule has 0 spiro atoms. The first-order chi connectivity index (χ1) is 31.8. The quantitative estimate of drug-likeness (QED) is 0.152. The zero-order valence-corrected chi connectivity index (χ0v) is 38.2. The van der Waals surface area contributed by atoms with Crippen molar-refractivity contribution in [2.24, 2.45) is 0 Å². The van der Waals surface area contributed by atoms with Crippen molar-refractivity contribution in [1.29, 1.82) is 0 Å². The molecular weight excluding hydrogens is 789 g/mol. The van der Waals surface area contributed by atoms with Gasteiger partial charge in [0.25, 0.3) is 0 Å². The van der Waals surface area contributed by atoms with Gasteiger partial charge in [-0.3, -0.25) is 9.97 Å². The lowest BCUT2D eigenvalue weighted by Crippen LogP contribution is -1.97. The summed E-state index contributed by atoms with van der Waals surface area (Å²) in [7, 11) is 0. The highest BCUT2D eigenvalue weighted by molar-refractivity contribution is 5.73. The number of hydrogen-bond acceptors (Lipinski definition) is 6. The van der Waals surface area contributed by atoms with Crippen molar-refractivity contribution in [2.75, 3.05) is 26.4 Å². The highest BCUT2D eigenvalue weighted by Crippen LogP contribution is 2.30. The van der Waals surface area contributed by atoms with Gasteiger partial charge in [-0.2, -0.15) is 0 Å². The molecule has 10 aliphatic rings. The monoisotopic (exact) mass is 859 g/mol. The van der Waals surface area contributed by atoms with Gasteiger partial charge in [0.2, 0.25) is 0 Å². The van der Waals surface area contributed by atoms with Crippen LogP contribution in [-0.2, 0) is 0 Å². The molecule has 12 heterocycles. The molecule has 4 aromatic carbocycles. The highest BCUT2D eigenvalue weighted by atomic mass is 16.5. The van der Waals surface area contributed by atoms with Crippen LogP contribution in [0.5, 0.6) is 23.0 Å². The van der Waals surface area contributed by atoms with E-state index in [0.717, 1.165) is 120 Å². The van der Waals surface area contributed by atoms with E-state index in [9.17, 15) is 0 Å². The summed E-state index contributed by atoms with van der Waals surface area (Å²) < 4.78 is 24.4. The SMILES string of the molecule is c1cc2ccc1OCCCCCCCCCCCCOc1ccc(cc1)-c1cncc(c1)-c1ccc(cc1)OCCCCCCCCCCCCOc1ccc(cc1)-c1cncc-2c1. The number of hydrogen-bond donors (Lipinski definition) is 0. The molecule has 12 bridgehead atoms. The Morgan fingerprint density at radius 3 is 0.609 bits per heavy atom. The van der Waals surface area contributed by atoms with Crippen molar-refractivity contribution < 1.29 is 18.9 Å². The van der Waals surface area contributed by atoms with E-state index in [0.29, 0.717) is 0 Å². The molecule has 6 aromatic rings. The van der Waals surface area contributed by atoms with E-state index < -0.39 is 0 Å². The first-order valence-corrected chi connectivity index (χ1v) is 24.6. The largest absolute Gasteiger partial charge is 0.494 e. The molecule has 0 aliphatic carbocycles. The molecule has 0 saturated heterocycles. The fourth-order valence-corrected chi connectivity index (χ4v) is 8.48. The molecule has 0 unspecified atom stereocenters. The normalized spacial score (nSPS) is 16.4. The number of pyridine rings is 2. The second kappa shape index (κ2) is 26.9. The molecule has 0 fully saturated rings. The maximum absolute atomic E-state index is 6.10. The number of nitrogens with zero attached hydrogens (tertiary/aromatic N) is 2.